The quantitative estimate of drug-likeness (QED) is 0.679. The molecule has 0 bridgehead atoms. The lowest BCUT2D eigenvalue weighted by Crippen LogP contribution is -2.54. The van der Waals surface area contributed by atoms with E-state index in [1.807, 2.05) is 30.3 Å². The fourth-order valence-electron chi connectivity index (χ4n) is 4.73. The average molecular weight is 331 g/mol. The van der Waals surface area contributed by atoms with Crippen molar-refractivity contribution in [2.45, 2.75) is 38.6 Å². The van der Waals surface area contributed by atoms with E-state index in [2.05, 4.69) is 4.90 Å². The first-order valence-corrected chi connectivity index (χ1v) is 8.62. The molecule has 1 aromatic rings. The van der Waals surface area contributed by atoms with Crippen molar-refractivity contribution in [3.8, 4) is 0 Å². The zero-order valence-electron chi connectivity index (χ0n) is 14.2. The Balaban J connectivity index is 1.95. The second kappa shape index (κ2) is 6.55. The minimum absolute atomic E-state index is 0.226. The van der Waals surface area contributed by atoms with Gasteiger partial charge in [0.15, 0.2) is 5.41 Å². The van der Waals surface area contributed by atoms with E-state index in [9.17, 15) is 14.7 Å². The van der Waals surface area contributed by atoms with E-state index in [1.54, 1.807) is 0 Å². The standard InChI is InChI=1S/C19H25NO4/c1-24-17(23)19(16(21)22)14-20(12-15-8-4-2-5-9-15)13-18(19)10-6-3-7-11-18/h2,4-5,8-9H,3,6-7,10-14H2,1H3,(H,21,22). The molecule has 1 aliphatic carbocycles. The number of likely N-dealkylation sites (tertiary alicyclic amines) is 1. The molecule has 1 atom stereocenters. The zero-order valence-corrected chi connectivity index (χ0v) is 14.2. The number of carboxylic acids is 1. The van der Waals surface area contributed by atoms with Gasteiger partial charge in [-0.05, 0) is 18.4 Å². The number of methoxy groups -OCH3 is 1. The Bertz CT molecular complexity index is 609. The number of carbonyl (C=O) groups excluding carboxylic acids is 1. The van der Waals surface area contributed by atoms with E-state index in [0.717, 1.165) is 37.7 Å². The molecule has 1 unspecified atom stereocenters. The summed E-state index contributed by atoms with van der Waals surface area (Å²) >= 11 is 0. The van der Waals surface area contributed by atoms with Gasteiger partial charge in [-0.2, -0.15) is 0 Å². The topological polar surface area (TPSA) is 66.8 Å². The van der Waals surface area contributed by atoms with Crippen LogP contribution < -0.4 is 0 Å². The van der Waals surface area contributed by atoms with Crippen LogP contribution in [0.15, 0.2) is 30.3 Å². The van der Waals surface area contributed by atoms with Gasteiger partial charge < -0.3 is 9.84 Å². The largest absolute Gasteiger partial charge is 0.480 e. The molecule has 2 aliphatic rings. The van der Waals surface area contributed by atoms with Gasteiger partial charge in [-0.25, -0.2) is 0 Å². The highest BCUT2D eigenvalue weighted by molar-refractivity contribution is 6.01. The maximum atomic E-state index is 12.6. The van der Waals surface area contributed by atoms with Crippen molar-refractivity contribution in [3.05, 3.63) is 35.9 Å². The Morgan fingerprint density at radius 2 is 1.79 bits per heavy atom. The monoisotopic (exact) mass is 331 g/mol. The molecule has 1 N–H and O–H groups in total. The molecular weight excluding hydrogens is 306 g/mol. The molecule has 1 saturated heterocycles. The van der Waals surface area contributed by atoms with E-state index >= 15 is 0 Å². The normalized spacial score (nSPS) is 26.4. The summed E-state index contributed by atoms with van der Waals surface area (Å²) in [7, 11) is 1.30. The third-order valence-electron chi connectivity index (χ3n) is 5.85. The number of nitrogens with zero attached hydrogens (tertiary/aromatic N) is 1. The summed E-state index contributed by atoms with van der Waals surface area (Å²) in [4.78, 5) is 27.0. The van der Waals surface area contributed by atoms with Crippen molar-refractivity contribution in [1.82, 2.24) is 4.90 Å². The molecule has 0 aromatic heterocycles. The number of hydrogen-bond acceptors (Lipinski definition) is 4. The number of carboxylic acid groups (broad SMARTS) is 1. The molecule has 1 heterocycles. The second-order valence-corrected chi connectivity index (χ2v) is 7.17. The number of hydrogen-bond donors (Lipinski definition) is 1. The van der Waals surface area contributed by atoms with E-state index in [-0.39, 0.29) is 6.54 Å². The minimum atomic E-state index is -1.45. The fourth-order valence-corrected chi connectivity index (χ4v) is 4.73. The van der Waals surface area contributed by atoms with Crippen LogP contribution in [0.1, 0.15) is 37.7 Å². The maximum absolute atomic E-state index is 12.6. The lowest BCUT2D eigenvalue weighted by atomic mass is 9.58. The van der Waals surface area contributed by atoms with Gasteiger partial charge in [0.25, 0.3) is 0 Å². The SMILES string of the molecule is COC(=O)C1(C(=O)O)CN(Cc2ccccc2)CC12CCCCC2. The zero-order chi connectivity index (χ0) is 17.2. The first kappa shape index (κ1) is 17.0. The number of ether oxygens (including phenoxy) is 1. The van der Waals surface area contributed by atoms with Crippen molar-refractivity contribution >= 4 is 11.9 Å². The number of benzene rings is 1. The Hall–Kier alpha value is -1.88. The van der Waals surface area contributed by atoms with Crippen LogP contribution in [0.25, 0.3) is 0 Å². The molecule has 3 rings (SSSR count). The Morgan fingerprint density at radius 1 is 1.12 bits per heavy atom. The number of esters is 1. The van der Waals surface area contributed by atoms with Crippen molar-refractivity contribution < 1.29 is 19.4 Å². The number of aliphatic carboxylic acids is 1. The van der Waals surface area contributed by atoms with Gasteiger partial charge in [0.2, 0.25) is 0 Å². The summed E-state index contributed by atoms with van der Waals surface area (Å²) in [5.74, 6) is -1.63. The summed E-state index contributed by atoms with van der Waals surface area (Å²) in [6, 6.07) is 9.99. The smallest absolute Gasteiger partial charge is 0.325 e. The molecule has 1 spiro atoms. The fraction of sp³-hybridized carbons (Fsp3) is 0.579. The highest BCUT2D eigenvalue weighted by Gasteiger charge is 2.67. The molecule has 1 aromatic carbocycles. The first-order chi connectivity index (χ1) is 11.5. The van der Waals surface area contributed by atoms with Crippen LogP contribution in [0, 0.1) is 10.8 Å². The third-order valence-corrected chi connectivity index (χ3v) is 5.85. The summed E-state index contributed by atoms with van der Waals surface area (Å²) in [6.45, 7) is 1.53. The van der Waals surface area contributed by atoms with E-state index in [4.69, 9.17) is 4.74 Å². The molecule has 24 heavy (non-hydrogen) atoms. The van der Waals surface area contributed by atoms with Gasteiger partial charge in [0.1, 0.15) is 0 Å². The van der Waals surface area contributed by atoms with Crippen LogP contribution in [-0.2, 0) is 20.9 Å². The minimum Gasteiger partial charge on any atom is -0.480 e. The van der Waals surface area contributed by atoms with Gasteiger partial charge in [-0.3, -0.25) is 14.5 Å². The summed E-state index contributed by atoms with van der Waals surface area (Å²) in [5, 5.41) is 10.0. The predicted molar refractivity (Wildman–Crippen MR) is 89.3 cm³/mol. The highest BCUT2D eigenvalue weighted by atomic mass is 16.5. The molecule has 1 saturated carbocycles. The van der Waals surface area contributed by atoms with E-state index < -0.39 is 22.8 Å². The summed E-state index contributed by atoms with van der Waals surface area (Å²) in [5.41, 5.74) is -0.829. The van der Waals surface area contributed by atoms with Crippen LogP contribution in [-0.4, -0.2) is 42.1 Å². The van der Waals surface area contributed by atoms with Crippen LogP contribution in [0.2, 0.25) is 0 Å². The van der Waals surface area contributed by atoms with Gasteiger partial charge in [-0.15, -0.1) is 0 Å². The first-order valence-electron chi connectivity index (χ1n) is 8.62. The molecule has 5 nitrogen and oxygen atoms in total. The third kappa shape index (κ3) is 2.61. The van der Waals surface area contributed by atoms with Crippen LogP contribution in [0.4, 0.5) is 0 Å². The summed E-state index contributed by atoms with van der Waals surface area (Å²) < 4.78 is 4.98. The van der Waals surface area contributed by atoms with E-state index in [1.165, 1.54) is 7.11 Å². The van der Waals surface area contributed by atoms with Crippen molar-refractivity contribution in [3.63, 3.8) is 0 Å². The number of rotatable bonds is 4. The van der Waals surface area contributed by atoms with Crippen LogP contribution in [0.5, 0.6) is 0 Å². The van der Waals surface area contributed by atoms with Gasteiger partial charge in [-0.1, -0.05) is 49.6 Å². The van der Waals surface area contributed by atoms with Crippen LogP contribution in [0.3, 0.4) is 0 Å². The number of carbonyl (C=O) groups is 2. The lowest BCUT2D eigenvalue weighted by molar-refractivity contribution is -0.176. The molecule has 2 fully saturated rings. The highest BCUT2D eigenvalue weighted by Crippen LogP contribution is 2.56. The second-order valence-electron chi connectivity index (χ2n) is 7.17. The lowest BCUT2D eigenvalue weighted by Gasteiger charge is -2.42. The molecule has 0 radical (unpaired) electrons. The average Bonchev–Trinajstić information content (AvgIpc) is 2.90. The molecule has 5 heteroatoms. The van der Waals surface area contributed by atoms with E-state index in [0.29, 0.717) is 13.1 Å². The van der Waals surface area contributed by atoms with Crippen molar-refractivity contribution in [2.75, 3.05) is 20.2 Å². The molecule has 130 valence electrons. The van der Waals surface area contributed by atoms with Crippen LogP contribution >= 0.6 is 0 Å². The van der Waals surface area contributed by atoms with Crippen molar-refractivity contribution in [1.29, 1.82) is 0 Å². The molecular formula is C19H25NO4. The maximum Gasteiger partial charge on any atom is 0.325 e. The molecule has 0 amide bonds. The summed E-state index contributed by atoms with van der Waals surface area (Å²) in [6.07, 6.45) is 4.62. The Kier molecular flexibility index (Phi) is 4.63. The Labute approximate surface area is 142 Å². The molecule has 1 aliphatic heterocycles. The predicted octanol–water partition coefficient (Wildman–Crippen LogP) is 2.70. The van der Waals surface area contributed by atoms with Gasteiger partial charge in [0, 0.05) is 25.0 Å². The Morgan fingerprint density at radius 3 is 2.38 bits per heavy atom. The van der Waals surface area contributed by atoms with Gasteiger partial charge >= 0.3 is 11.9 Å². The van der Waals surface area contributed by atoms with Gasteiger partial charge in [0.05, 0.1) is 7.11 Å². The van der Waals surface area contributed by atoms with Crippen molar-refractivity contribution in [2.24, 2.45) is 10.8 Å².